The Morgan fingerprint density at radius 2 is 1.38 bits per heavy atom. The molecule has 1 aromatic rings. The van der Waals surface area contributed by atoms with E-state index < -0.39 is 0 Å². The van der Waals surface area contributed by atoms with E-state index in [9.17, 15) is 0 Å². The van der Waals surface area contributed by atoms with Crippen molar-refractivity contribution in [2.45, 2.75) is 71.1 Å². The quantitative estimate of drug-likeness (QED) is 0.645. The average molecular weight is 283 g/mol. The summed E-state index contributed by atoms with van der Waals surface area (Å²) in [5, 5.41) is 4.59. The third-order valence-corrected chi connectivity index (χ3v) is 5.20. The van der Waals surface area contributed by atoms with Crippen molar-refractivity contribution >= 4 is 11.4 Å². The van der Waals surface area contributed by atoms with Crippen LogP contribution < -0.4 is 5.43 Å². The van der Waals surface area contributed by atoms with Gasteiger partial charge in [-0.2, -0.15) is 10.5 Å². The lowest BCUT2D eigenvalue weighted by Crippen LogP contribution is -2.28. The molecule has 1 fully saturated rings. The summed E-state index contributed by atoms with van der Waals surface area (Å²) in [4.78, 5) is 0. The summed E-state index contributed by atoms with van der Waals surface area (Å²) in [7, 11) is 0. The fourth-order valence-corrected chi connectivity index (χ4v) is 3.82. The lowest BCUT2D eigenvalue weighted by atomic mass is 9.73. The highest BCUT2D eigenvalue weighted by Gasteiger charge is 2.35. The van der Waals surface area contributed by atoms with E-state index in [0.29, 0.717) is 0 Å². The van der Waals surface area contributed by atoms with Crippen molar-refractivity contribution in [2.75, 3.05) is 0 Å². The smallest absolute Gasteiger partial charge is 0.0948 e. The third-order valence-electron chi connectivity index (χ3n) is 5.20. The van der Waals surface area contributed by atoms with E-state index in [1.165, 1.54) is 75.5 Å². The molecule has 2 heteroatoms. The second-order valence-corrected chi connectivity index (χ2v) is 6.95. The van der Waals surface area contributed by atoms with Gasteiger partial charge in [0.25, 0.3) is 0 Å². The Balaban J connectivity index is 1.79. The summed E-state index contributed by atoms with van der Waals surface area (Å²) in [6.45, 7) is 2.42. The van der Waals surface area contributed by atoms with Crippen LogP contribution in [-0.4, -0.2) is 5.71 Å². The van der Waals surface area contributed by atoms with Crippen LogP contribution in [0.3, 0.4) is 0 Å². The standard InChI is InChI=1S/C19H27N2/c1-19(14-10-6-4-2-3-5-7-11-15-19)18-16-12-8-9-13-17(16)20-21-18/h8-9,12-13H,2-7,10-11,14-15H2,1H3. The van der Waals surface area contributed by atoms with E-state index in [4.69, 9.17) is 0 Å². The molecule has 0 amide bonds. The lowest BCUT2D eigenvalue weighted by molar-refractivity contribution is 0.363. The van der Waals surface area contributed by atoms with Gasteiger partial charge in [-0.3, -0.25) is 0 Å². The molecule has 1 aromatic carbocycles. The minimum Gasteiger partial charge on any atom is -0.154 e. The number of hydrogen-bond acceptors (Lipinski definition) is 1. The number of nitrogens with zero attached hydrogens (tertiary/aromatic N) is 2. The Hall–Kier alpha value is -1.31. The van der Waals surface area contributed by atoms with Crippen LogP contribution in [0, 0.1) is 5.41 Å². The third kappa shape index (κ3) is 3.30. The molecule has 113 valence electrons. The highest BCUT2D eigenvalue weighted by atomic mass is 15.3. The zero-order valence-electron chi connectivity index (χ0n) is 13.3. The summed E-state index contributed by atoms with van der Waals surface area (Å²) in [6.07, 6.45) is 13.6. The maximum atomic E-state index is 4.59. The molecule has 1 radical (unpaired) electrons. The van der Waals surface area contributed by atoms with Crippen molar-refractivity contribution in [1.29, 1.82) is 0 Å². The van der Waals surface area contributed by atoms with Gasteiger partial charge in [-0.05, 0) is 18.9 Å². The molecule has 0 atom stereocenters. The predicted octanol–water partition coefficient (Wildman–Crippen LogP) is 5.56. The molecular weight excluding hydrogens is 256 g/mol. The summed E-state index contributed by atoms with van der Waals surface area (Å²) >= 11 is 0. The number of benzene rings is 1. The SMILES string of the molecule is CC1(C2=N[N]c3ccccc32)CCCCCCCCCC1. The van der Waals surface area contributed by atoms with Gasteiger partial charge in [0.1, 0.15) is 0 Å². The molecule has 1 heterocycles. The molecule has 0 unspecified atom stereocenters. The predicted molar refractivity (Wildman–Crippen MR) is 89.1 cm³/mol. The average Bonchev–Trinajstić information content (AvgIpc) is 2.91. The monoisotopic (exact) mass is 283 g/mol. The van der Waals surface area contributed by atoms with Gasteiger partial charge in [-0.25, -0.2) is 0 Å². The van der Waals surface area contributed by atoms with Gasteiger partial charge in [0.15, 0.2) is 0 Å². The van der Waals surface area contributed by atoms with E-state index >= 15 is 0 Å². The molecule has 0 bridgehead atoms. The first-order valence-electron chi connectivity index (χ1n) is 8.68. The molecule has 2 nitrogen and oxygen atoms in total. The van der Waals surface area contributed by atoms with E-state index in [-0.39, 0.29) is 5.41 Å². The topological polar surface area (TPSA) is 26.5 Å². The van der Waals surface area contributed by atoms with Crippen LogP contribution in [0.15, 0.2) is 29.4 Å². The zero-order valence-corrected chi connectivity index (χ0v) is 13.3. The van der Waals surface area contributed by atoms with Gasteiger partial charge in [0, 0.05) is 11.0 Å². The van der Waals surface area contributed by atoms with Crippen molar-refractivity contribution < 1.29 is 0 Å². The molecule has 0 N–H and O–H groups in total. The molecule has 1 aliphatic carbocycles. The van der Waals surface area contributed by atoms with Crippen molar-refractivity contribution in [3.63, 3.8) is 0 Å². The second-order valence-electron chi connectivity index (χ2n) is 6.95. The Labute approximate surface area is 129 Å². The molecule has 3 rings (SSSR count). The Morgan fingerprint density at radius 3 is 2.05 bits per heavy atom. The van der Waals surface area contributed by atoms with Crippen LogP contribution in [0.4, 0.5) is 5.69 Å². The van der Waals surface area contributed by atoms with Gasteiger partial charge < -0.3 is 0 Å². The summed E-state index contributed by atoms with van der Waals surface area (Å²) in [5.74, 6) is 0. The van der Waals surface area contributed by atoms with Gasteiger partial charge in [-0.15, -0.1) is 0 Å². The maximum absolute atomic E-state index is 4.59. The van der Waals surface area contributed by atoms with E-state index in [2.05, 4.69) is 41.7 Å². The lowest BCUT2D eigenvalue weighted by Gasteiger charge is -2.30. The van der Waals surface area contributed by atoms with E-state index in [0.717, 1.165) is 5.69 Å². The van der Waals surface area contributed by atoms with Crippen molar-refractivity contribution in [3.8, 4) is 0 Å². The largest absolute Gasteiger partial charge is 0.154 e. The Bertz CT molecular complexity index is 492. The summed E-state index contributed by atoms with van der Waals surface area (Å²) < 4.78 is 0. The summed E-state index contributed by atoms with van der Waals surface area (Å²) in [5.41, 5.74) is 8.19. The first-order valence-corrected chi connectivity index (χ1v) is 8.68. The second kappa shape index (κ2) is 6.64. The first-order chi connectivity index (χ1) is 10.3. The van der Waals surface area contributed by atoms with Crippen LogP contribution in [0.1, 0.15) is 76.7 Å². The van der Waals surface area contributed by atoms with Crippen LogP contribution in [0.25, 0.3) is 0 Å². The van der Waals surface area contributed by atoms with Crippen LogP contribution in [-0.2, 0) is 0 Å². The highest BCUT2D eigenvalue weighted by molar-refractivity contribution is 6.09. The summed E-state index contributed by atoms with van der Waals surface area (Å²) in [6, 6.07) is 8.45. The van der Waals surface area contributed by atoms with E-state index in [1.54, 1.807) is 0 Å². The number of fused-ring (bicyclic) bond motifs is 1. The normalized spacial score (nSPS) is 22.6. The van der Waals surface area contributed by atoms with Crippen LogP contribution in [0.2, 0.25) is 0 Å². The molecule has 0 saturated heterocycles. The van der Waals surface area contributed by atoms with Crippen molar-refractivity contribution in [2.24, 2.45) is 10.5 Å². The van der Waals surface area contributed by atoms with Gasteiger partial charge in [0.05, 0.1) is 11.4 Å². The molecule has 21 heavy (non-hydrogen) atoms. The minimum absolute atomic E-state index is 0.209. The highest BCUT2D eigenvalue weighted by Crippen LogP contribution is 2.40. The molecule has 2 aliphatic rings. The van der Waals surface area contributed by atoms with Gasteiger partial charge in [-0.1, -0.05) is 76.5 Å². The fraction of sp³-hybridized carbons (Fsp3) is 0.632. The molecule has 0 aromatic heterocycles. The zero-order chi connectivity index (χ0) is 14.5. The number of rotatable bonds is 1. The Morgan fingerprint density at radius 1 is 0.810 bits per heavy atom. The Kier molecular flexibility index (Phi) is 4.62. The molecule has 1 aliphatic heterocycles. The fourth-order valence-electron chi connectivity index (χ4n) is 3.82. The molecular formula is C19H27N2. The maximum Gasteiger partial charge on any atom is 0.0948 e. The van der Waals surface area contributed by atoms with E-state index in [1.807, 2.05) is 0 Å². The number of hydrogen-bond donors (Lipinski definition) is 0. The first kappa shape index (κ1) is 14.6. The van der Waals surface area contributed by atoms with Gasteiger partial charge >= 0.3 is 0 Å². The van der Waals surface area contributed by atoms with Crippen LogP contribution >= 0.6 is 0 Å². The van der Waals surface area contributed by atoms with Gasteiger partial charge in [0.2, 0.25) is 0 Å². The van der Waals surface area contributed by atoms with Crippen molar-refractivity contribution in [1.82, 2.24) is 5.43 Å². The molecule has 0 spiro atoms. The minimum atomic E-state index is 0.209. The van der Waals surface area contributed by atoms with Crippen LogP contribution in [0.5, 0.6) is 0 Å². The van der Waals surface area contributed by atoms with Crippen molar-refractivity contribution in [3.05, 3.63) is 29.8 Å². The molecule has 1 saturated carbocycles.